The van der Waals surface area contributed by atoms with Gasteiger partial charge in [-0.1, -0.05) is 12.1 Å². The van der Waals surface area contributed by atoms with Gasteiger partial charge in [-0.3, -0.25) is 4.21 Å². The Morgan fingerprint density at radius 3 is 2.61 bits per heavy atom. The Morgan fingerprint density at radius 2 is 1.89 bits per heavy atom. The zero-order chi connectivity index (χ0) is 18.9. The normalized spacial score (nSPS) is 20.3. The number of aromatic nitrogens is 2. The molecule has 0 amide bonds. The van der Waals surface area contributed by atoms with E-state index in [1.807, 2.05) is 12.3 Å². The molecule has 2 atom stereocenters. The minimum atomic E-state index is -0.843. The second kappa shape index (κ2) is 7.80. The number of rotatable bonds is 6. The van der Waals surface area contributed by atoms with Crippen LogP contribution in [0.2, 0.25) is 0 Å². The fourth-order valence-corrected chi connectivity index (χ4v) is 5.59. The molecule has 1 N–H and O–H groups in total. The summed E-state index contributed by atoms with van der Waals surface area (Å²) in [6, 6.07) is 14.8. The Bertz CT molecular complexity index is 939. The van der Waals surface area contributed by atoms with Gasteiger partial charge in [0.25, 0.3) is 0 Å². The van der Waals surface area contributed by atoms with Crippen LogP contribution in [0.15, 0.2) is 53.6 Å². The van der Waals surface area contributed by atoms with Crippen LogP contribution in [0.4, 0.5) is 0 Å². The van der Waals surface area contributed by atoms with Gasteiger partial charge in [0, 0.05) is 46.6 Å². The molecule has 2 fully saturated rings. The SMILES string of the molecule is O=S(c1ccc(C(CC2CCOCC2)c2cc3cccnc3[nH]2)cc1)C1CC1. The summed E-state index contributed by atoms with van der Waals surface area (Å²) >= 11 is 0. The van der Waals surface area contributed by atoms with Crippen LogP contribution in [-0.2, 0) is 15.5 Å². The van der Waals surface area contributed by atoms with Gasteiger partial charge in [0.05, 0.1) is 10.8 Å². The topological polar surface area (TPSA) is 55.0 Å². The molecule has 1 aromatic carbocycles. The Kier molecular flexibility index (Phi) is 5.03. The Balaban J connectivity index is 1.46. The molecule has 3 aromatic rings. The molecule has 1 aliphatic heterocycles. The molecule has 4 nitrogen and oxygen atoms in total. The zero-order valence-corrected chi connectivity index (χ0v) is 16.8. The van der Waals surface area contributed by atoms with E-state index in [9.17, 15) is 4.21 Å². The monoisotopic (exact) mass is 394 g/mol. The van der Waals surface area contributed by atoms with Gasteiger partial charge in [-0.2, -0.15) is 0 Å². The van der Waals surface area contributed by atoms with Crippen molar-refractivity contribution in [3.05, 3.63) is 59.9 Å². The fourth-order valence-electron chi connectivity index (χ4n) is 4.23. The number of fused-ring (bicyclic) bond motifs is 1. The number of aromatic amines is 1. The van der Waals surface area contributed by atoms with Gasteiger partial charge >= 0.3 is 0 Å². The minimum absolute atomic E-state index is 0.292. The van der Waals surface area contributed by atoms with Crippen molar-refractivity contribution in [1.82, 2.24) is 9.97 Å². The first kappa shape index (κ1) is 18.1. The lowest BCUT2D eigenvalue weighted by Crippen LogP contribution is -2.18. The Morgan fingerprint density at radius 1 is 1.11 bits per heavy atom. The minimum Gasteiger partial charge on any atom is -0.381 e. The number of hydrogen-bond donors (Lipinski definition) is 1. The highest BCUT2D eigenvalue weighted by Crippen LogP contribution is 2.36. The Labute approximate surface area is 168 Å². The van der Waals surface area contributed by atoms with Crippen molar-refractivity contribution in [2.24, 2.45) is 5.92 Å². The summed E-state index contributed by atoms with van der Waals surface area (Å²) in [7, 11) is -0.843. The van der Waals surface area contributed by atoms with E-state index in [0.29, 0.717) is 17.1 Å². The molecule has 2 unspecified atom stereocenters. The number of H-pyrrole nitrogens is 1. The third-order valence-electron chi connectivity index (χ3n) is 6.04. The number of nitrogens with zero attached hydrogens (tertiary/aromatic N) is 1. The Hall–Kier alpha value is -1.98. The van der Waals surface area contributed by atoms with E-state index in [2.05, 4.69) is 46.4 Å². The van der Waals surface area contributed by atoms with Gasteiger partial charge in [0.2, 0.25) is 0 Å². The lowest BCUT2D eigenvalue weighted by atomic mass is 9.83. The van der Waals surface area contributed by atoms with Crippen LogP contribution >= 0.6 is 0 Å². The first-order chi connectivity index (χ1) is 13.8. The van der Waals surface area contributed by atoms with Gasteiger partial charge in [0.15, 0.2) is 0 Å². The molecule has 146 valence electrons. The average Bonchev–Trinajstić information content (AvgIpc) is 3.51. The van der Waals surface area contributed by atoms with Crippen LogP contribution in [0.1, 0.15) is 49.3 Å². The van der Waals surface area contributed by atoms with Crippen molar-refractivity contribution < 1.29 is 8.95 Å². The van der Waals surface area contributed by atoms with E-state index < -0.39 is 10.8 Å². The molecule has 0 spiro atoms. The van der Waals surface area contributed by atoms with Crippen molar-refractivity contribution >= 4 is 21.8 Å². The highest BCUT2D eigenvalue weighted by molar-refractivity contribution is 7.86. The average molecular weight is 395 g/mol. The molecule has 5 rings (SSSR count). The molecule has 28 heavy (non-hydrogen) atoms. The van der Waals surface area contributed by atoms with E-state index in [4.69, 9.17) is 4.74 Å². The summed E-state index contributed by atoms with van der Waals surface area (Å²) < 4.78 is 18.0. The lowest BCUT2D eigenvalue weighted by molar-refractivity contribution is 0.0626. The molecule has 3 heterocycles. The maximum Gasteiger partial charge on any atom is 0.137 e. The van der Waals surface area contributed by atoms with Gasteiger partial charge in [-0.25, -0.2) is 4.98 Å². The number of hydrogen-bond acceptors (Lipinski definition) is 3. The van der Waals surface area contributed by atoms with Crippen molar-refractivity contribution in [2.45, 2.75) is 48.2 Å². The molecule has 1 saturated carbocycles. The van der Waals surface area contributed by atoms with Crippen molar-refractivity contribution in [2.75, 3.05) is 13.2 Å². The fraction of sp³-hybridized carbons (Fsp3) is 0.435. The quantitative estimate of drug-likeness (QED) is 0.654. The van der Waals surface area contributed by atoms with Crippen LogP contribution in [0.5, 0.6) is 0 Å². The second-order valence-corrected chi connectivity index (χ2v) is 9.81. The standard InChI is InChI=1S/C23H26N2O2S/c26-28(20-7-8-20)19-5-3-17(4-6-19)21(14-16-9-12-27-13-10-16)22-15-18-2-1-11-24-23(18)25-22/h1-6,11,15-16,20-21H,7-10,12-14H2,(H,24,25). The molecular weight excluding hydrogens is 368 g/mol. The maximum atomic E-state index is 12.5. The first-order valence-corrected chi connectivity index (χ1v) is 11.5. The molecule has 5 heteroatoms. The zero-order valence-electron chi connectivity index (χ0n) is 16.0. The van der Waals surface area contributed by atoms with E-state index in [1.54, 1.807) is 0 Å². The molecule has 1 aliphatic carbocycles. The van der Waals surface area contributed by atoms with Crippen LogP contribution < -0.4 is 0 Å². The third-order valence-corrected chi connectivity index (χ3v) is 7.85. The van der Waals surface area contributed by atoms with Gasteiger partial charge in [-0.05, 0) is 73.9 Å². The summed E-state index contributed by atoms with van der Waals surface area (Å²) in [5.74, 6) is 0.958. The predicted octanol–water partition coefficient (Wildman–Crippen LogP) is 4.78. The first-order valence-electron chi connectivity index (χ1n) is 10.3. The van der Waals surface area contributed by atoms with Crippen LogP contribution in [0.3, 0.4) is 0 Å². The highest BCUT2D eigenvalue weighted by Gasteiger charge is 2.29. The van der Waals surface area contributed by atoms with Gasteiger partial charge in [0.1, 0.15) is 5.65 Å². The van der Waals surface area contributed by atoms with Crippen LogP contribution in [0, 0.1) is 5.92 Å². The van der Waals surface area contributed by atoms with Gasteiger partial charge in [-0.15, -0.1) is 0 Å². The maximum absolute atomic E-state index is 12.5. The van der Waals surface area contributed by atoms with Crippen molar-refractivity contribution in [3.63, 3.8) is 0 Å². The molecule has 2 aromatic heterocycles. The predicted molar refractivity (Wildman–Crippen MR) is 112 cm³/mol. The summed E-state index contributed by atoms with van der Waals surface area (Å²) in [6.07, 6.45) is 7.38. The highest BCUT2D eigenvalue weighted by atomic mass is 32.2. The van der Waals surface area contributed by atoms with E-state index >= 15 is 0 Å². The third kappa shape index (κ3) is 3.78. The van der Waals surface area contributed by atoms with E-state index in [1.165, 1.54) is 11.3 Å². The summed E-state index contributed by atoms with van der Waals surface area (Å²) in [5.41, 5.74) is 3.45. The van der Waals surface area contributed by atoms with E-state index in [-0.39, 0.29) is 0 Å². The summed E-state index contributed by atoms with van der Waals surface area (Å²) in [6.45, 7) is 1.73. The molecule has 0 bridgehead atoms. The second-order valence-electron chi connectivity index (χ2n) is 8.08. The van der Waals surface area contributed by atoms with Crippen molar-refractivity contribution in [1.29, 1.82) is 0 Å². The smallest absolute Gasteiger partial charge is 0.137 e. The number of nitrogens with one attached hydrogen (secondary N) is 1. The molecule has 1 saturated heterocycles. The number of pyridine rings is 1. The van der Waals surface area contributed by atoms with Crippen LogP contribution in [0.25, 0.3) is 11.0 Å². The van der Waals surface area contributed by atoms with Crippen molar-refractivity contribution in [3.8, 4) is 0 Å². The number of ether oxygens (including phenoxy) is 1. The van der Waals surface area contributed by atoms with Crippen LogP contribution in [-0.4, -0.2) is 32.6 Å². The lowest BCUT2D eigenvalue weighted by Gasteiger charge is -2.26. The molecule has 2 aliphatic rings. The summed E-state index contributed by atoms with van der Waals surface area (Å²) in [4.78, 5) is 8.99. The molecular formula is C23H26N2O2S. The van der Waals surface area contributed by atoms with Gasteiger partial charge < -0.3 is 9.72 Å². The largest absolute Gasteiger partial charge is 0.381 e. The summed E-state index contributed by atoms with van der Waals surface area (Å²) in [5, 5.41) is 1.53. The number of benzene rings is 1. The molecule has 0 radical (unpaired) electrons. The van der Waals surface area contributed by atoms with E-state index in [0.717, 1.165) is 61.2 Å².